The molecule has 0 spiro atoms. The van der Waals surface area contributed by atoms with Crippen molar-refractivity contribution in [2.45, 2.75) is 52.6 Å². The molecule has 0 aliphatic carbocycles. The highest BCUT2D eigenvalue weighted by molar-refractivity contribution is 7.10. The van der Waals surface area contributed by atoms with Crippen LogP contribution >= 0.6 is 11.3 Å². The van der Waals surface area contributed by atoms with Crippen LogP contribution in [0.2, 0.25) is 0 Å². The average Bonchev–Trinajstić information content (AvgIpc) is 3.46. The van der Waals surface area contributed by atoms with Crippen molar-refractivity contribution in [1.82, 2.24) is 9.88 Å². The van der Waals surface area contributed by atoms with Gasteiger partial charge in [-0.05, 0) is 48.9 Å². The highest BCUT2D eigenvalue weighted by atomic mass is 32.1. The lowest BCUT2D eigenvalue weighted by Gasteiger charge is -2.22. The quantitative estimate of drug-likeness (QED) is 0.532. The molecule has 3 aromatic rings. The third-order valence-electron chi connectivity index (χ3n) is 5.72. The zero-order chi connectivity index (χ0) is 22.7. The molecule has 0 fully saturated rings. The van der Waals surface area contributed by atoms with Crippen molar-refractivity contribution >= 4 is 17.2 Å². The second-order valence-electron chi connectivity index (χ2n) is 7.95. The van der Waals surface area contributed by atoms with Gasteiger partial charge in [0, 0.05) is 28.9 Å². The average molecular weight is 453 g/mol. The Kier molecular flexibility index (Phi) is 6.65. The Hall–Kier alpha value is -3.06. The van der Waals surface area contributed by atoms with Crippen LogP contribution in [-0.2, 0) is 13.0 Å². The van der Waals surface area contributed by atoms with Crippen molar-refractivity contribution in [1.29, 1.82) is 0 Å². The highest BCUT2D eigenvalue weighted by Gasteiger charge is 2.23. The summed E-state index contributed by atoms with van der Waals surface area (Å²) in [6.07, 6.45) is 2.22. The highest BCUT2D eigenvalue weighted by Crippen LogP contribution is 2.33. The van der Waals surface area contributed by atoms with E-state index in [0.29, 0.717) is 13.0 Å². The molecular weight excluding hydrogens is 424 g/mol. The van der Waals surface area contributed by atoms with Gasteiger partial charge in [0.25, 0.3) is 5.91 Å². The Bertz CT molecular complexity index is 1170. The first-order valence-corrected chi connectivity index (χ1v) is 11.9. The van der Waals surface area contributed by atoms with E-state index >= 15 is 0 Å². The molecule has 168 valence electrons. The Balaban J connectivity index is 1.71. The van der Waals surface area contributed by atoms with E-state index in [1.807, 2.05) is 49.6 Å². The number of thiophene rings is 1. The topological polar surface area (TPSA) is 69.6 Å². The lowest BCUT2D eigenvalue weighted by molar-refractivity contribution is 0.0933. The number of pyridine rings is 1. The maximum absolute atomic E-state index is 13.3. The second-order valence-corrected chi connectivity index (χ2v) is 8.92. The molecular formula is C25H28N2O4S. The van der Waals surface area contributed by atoms with Gasteiger partial charge in [-0.3, -0.25) is 9.59 Å². The summed E-state index contributed by atoms with van der Waals surface area (Å²) in [4.78, 5) is 27.4. The second kappa shape index (κ2) is 9.61. The Labute approximate surface area is 191 Å². The molecule has 1 N–H and O–H groups in total. The van der Waals surface area contributed by atoms with Gasteiger partial charge in [-0.1, -0.05) is 32.4 Å². The molecule has 7 heteroatoms. The molecule has 0 saturated carbocycles. The minimum absolute atomic E-state index is 0.111. The van der Waals surface area contributed by atoms with Crippen molar-refractivity contribution < 1.29 is 14.3 Å². The number of nitrogens with zero attached hydrogens (tertiary/aromatic N) is 1. The summed E-state index contributed by atoms with van der Waals surface area (Å²) in [6.45, 7) is 6.77. The maximum atomic E-state index is 13.3. The number of hydrogen-bond donors (Lipinski definition) is 1. The zero-order valence-electron chi connectivity index (χ0n) is 18.6. The van der Waals surface area contributed by atoms with Crippen molar-refractivity contribution in [2.24, 2.45) is 0 Å². The smallest absolute Gasteiger partial charge is 0.257 e. The van der Waals surface area contributed by atoms with Gasteiger partial charge in [-0.2, -0.15) is 0 Å². The van der Waals surface area contributed by atoms with Gasteiger partial charge in [0.1, 0.15) is 5.56 Å². The molecule has 0 bridgehead atoms. The third-order valence-corrected chi connectivity index (χ3v) is 6.70. The first kappa shape index (κ1) is 22.1. The van der Waals surface area contributed by atoms with Gasteiger partial charge in [0.15, 0.2) is 16.9 Å². The number of carbonyl (C=O) groups is 1. The van der Waals surface area contributed by atoms with E-state index in [4.69, 9.17) is 9.47 Å². The fourth-order valence-corrected chi connectivity index (χ4v) is 4.97. The number of amides is 1. The SMILES string of the molecule is CCCc1c(C(=O)NC(CC)c2cccs2)c(=O)cc(C)n1Cc1ccc2c(c1)OCO2. The van der Waals surface area contributed by atoms with E-state index in [-0.39, 0.29) is 29.7 Å². The largest absolute Gasteiger partial charge is 0.454 e. The molecule has 1 atom stereocenters. The van der Waals surface area contributed by atoms with Crippen LogP contribution in [-0.4, -0.2) is 17.3 Å². The fraction of sp³-hybridized carbons (Fsp3) is 0.360. The van der Waals surface area contributed by atoms with Crippen LogP contribution < -0.4 is 20.2 Å². The van der Waals surface area contributed by atoms with Crippen LogP contribution in [0.15, 0.2) is 46.6 Å². The molecule has 32 heavy (non-hydrogen) atoms. The van der Waals surface area contributed by atoms with Crippen molar-refractivity contribution in [3.63, 3.8) is 0 Å². The Morgan fingerprint density at radius 2 is 2.00 bits per heavy atom. The monoisotopic (exact) mass is 452 g/mol. The molecule has 1 aliphatic heterocycles. The summed E-state index contributed by atoms with van der Waals surface area (Å²) in [5.41, 5.74) is 2.64. The van der Waals surface area contributed by atoms with Gasteiger partial charge >= 0.3 is 0 Å². The van der Waals surface area contributed by atoms with Gasteiger partial charge in [-0.15, -0.1) is 11.3 Å². The predicted octanol–water partition coefficient (Wildman–Crippen LogP) is 4.83. The Morgan fingerprint density at radius 1 is 1.19 bits per heavy atom. The van der Waals surface area contributed by atoms with Gasteiger partial charge < -0.3 is 19.4 Å². The minimum atomic E-state index is -0.307. The molecule has 1 unspecified atom stereocenters. The van der Waals surface area contributed by atoms with E-state index in [2.05, 4.69) is 16.8 Å². The molecule has 0 radical (unpaired) electrons. The predicted molar refractivity (Wildman–Crippen MR) is 126 cm³/mol. The number of aryl methyl sites for hydroxylation is 1. The van der Waals surface area contributed by atoms with E-state index < -0.39 is 0 Å². The molecule has 2 aromatic heterocycles. The van der Waals surface area contributed by atoms with E-state index in [1.165, 1.54) is 0 Å². The van der Waals surface area contributed by atoms with Crippen molar-refractivity contribution in [2.75, 3.05) is 6.79 Å². The fourth-order valence-electron chi connectivity index (χ4n) is 4.11. The summed E-state index contributed by atoms with van der Waals surface area (Å²) < 4.78 is 13.0. The van der Waals surface area contributed by atoms with E-state index in [0.717, 1.165) is 46.2 Å². The normalized spacial score (nSPS) is 13.2. The van der Waals surface area contributed by atoms with Gasteiger partial charge in [0.2, 0.25) is 6.79 Å². The van der Waals surface area contributed by atoms with Crippen LogP contribution in [0.25, 0.3) is 0 Å². The van der Waals surface area contributed by atoms with Crippen LogP contribution in [0.4, 0.5) is 0 Å². The molecule has 1 aromatic carbocycles. The van der Waals surface area contributed by atoms with Crippen LogP contribution in [0.5, 0.6) is 11.5 Å². The first-order valence-electron chi connectivity index (χ1n) is 11.0. The minimum Gasteiger partial charge on any atom is -0.454 e. The number of benzene rings is 1. The van der Waals surface area contributed by atoms with Crippen LogP contribution in [0, 0.1) is 6.92 Å². The lowest BCUT2D eigenvalue weighted by Crippen LogP contribution is -2.34. The Morgan fingerprint density at radius 3 is 2.72 bits per heavy atom. The molecule has 1 amide bonds. The molecule has 3 heterocycles. The number of nitrogens with one attached hydrogen (secondary N) is 1. The summed E-state index contributed by atoms with van der Waals surface area (Å²) in [6, 6.07) is 11.3. The van der Waals surface area contributed by atoms with Crippen molar-refractivity contribution in [3.05, 3.63) is 79.4 Å². The molecule has 4 rings (SSSR count). The van der Waals surface area contributed by atoms with Crippen molar-refractivity contribution in [3.8, 4) is 11.5 Å². The van der Waals surface area contributed by atoms with E-state index in [1.54, 1.807) is 17.4 Å². The number of fused-ring (bicyclic) bond motifs is 1. The number of hydrogen-bond acceptors (Lipinski definition) is 5. The number of ether oxygens (including phenoxy) is 2. The zero-order valence-corrected chi connectivity index (χ0v) is 19.5. The molecule has 0 saturated heterocycles. The number of aromatic nitrogens is 1. The summed E-state index contributed by atoms with van der Waals surface area (Å²) in [5, 5.41) is 5.09. The van der Waals surface area contributed by atoms with Gasteiger partial charge in [0.05, 0.1) is 6.04 Å². The van der Waals surface area contributed by atoms with E-state index in [9.17, 15) is 9.59 Å². The summed E-state index contributed by atoms with van der Waals surface area (Å²) in [7, 11) is 0. The van der Waals surface area contributed by atoms with Gasteiger partial charge in [-0.25, -0.2) is 0 Å². The number of carbonyl (C=O) groups excluding carboxylic acids is 1. The first-order chi connectivity index (χ1) is 15.5. The maximum Gasteiger partial charge on any atom is 0.257 e. The molecule has 1 aliphatic rings. The lowest BCUT2D eigenvalue weighted by atomic mass is 10.0. The summed E-state index contributed by atoms with van der Waals surface area (Å²) in [5.74, 6) is 1.15. The third kappa shape index (κ3) is 4.43. The van der Waals surface area contributed by atoms with Crippen LogP contribution in [0.3, 0.4) is 0 Å². The summed E-state index contributed by atoms with van der Waals surface area (Å²) >= 11 is 1.61. The van der Waals surface area contributed by atoms with Crippen LogP contribution in [0.1, 0.15) is 64.9 Å². The number of rotatable bonds is 8. The standard InChI is InChI=1S/C25H28N2O4S/c1-4-7-19-24(25(29)26-18(5-2)23-8-6-11-32-23)20(28)12-16(3)27(19)14-17-9-10-21-22(13-17)31-15-30-21/h6,8-13,18H,4-5,7,14-15H2,1-3H3,(H,26,29). The molecule has 6 nitrogen and oxygen atoms in total.